The number of methoxy groups -OCH3 is 1. The molecule has 1 aliphatic heterocycles. The summed E-state index contributed by atoms with van der Waals surface area (Å²) in [6.45, 7) is 0.735. The number of rotatable bonds is 5. The van der Waals surface area contributed by atoms with E-state index in [1.165, 1.54) is 0 Å². The SMILES string of the molecule is COc1ccccc1-c1ccc(C(=O)N2CCO[C@H](CO)[C@H]2c2ccccc2)cc1. The van der Waals surface area contributed by atoms with Crippen LogP contribution in [-0.2, 0) is 4.74 Å². The first-order valence-corrected chi connectivity index (χ1v) is 10.0. The van der Waals surface area contributed by atoms with Crippen LogP contribution in [-0.4, -0.2) is 48.9 Å². The molecule has 154 valence electrons. The highest BCUT2D eigenvalue weighted by molar-refractivity contribution is 5.95. The topological polar surface area (TPSA) is 59.0 Å². The molecule has 1 saturated heterocycles. The normalized spacial score (nSPS) is 18.8. The van der Waals surface area contributed by atoms with Crippen molar-refractivity contribution in [3.05, 3.63) is 90.0 Å². The van der Waals surface area contributed by atoms with Gasteiger partial charge in [0.1, 0.15) is 11.9 Å². The van der Waals surface area contributed by atoms with E-state index in [1.54, 1.807) is 12.0 Å². The molecule has 0 bridgehead atoms. The first kappa shape index (κ1) is 20.1. The van der Waals surface area contributed by atoms with E-state index in [9.17, 15) is 9.90 Å². The van der Waals surface area contributed by atoms with Crippen LogP contribution in [0.3, 0.4) is 0 Å². The molecule has 1 heterocycles. The zero-order valence-corrected chi connectivity index (χ0v) is 16.9. The van der Waals surface area contributed by atoms with Gasteiger partial charge < -0.3 is 19.5 Å². The minimum absolute atomic E-state index is 0.0721. The maximum absolute atomic E-state index is 13.4. The molecule has 3 aromatic carbocycles. The first-order chi connectivity index (χ1) is 14.7. The van der Waals surface area contributed by atoms with E-state index in [-0.39, 0.29) is 18.6 Å². The number of hydrogen-bond acceptors (Lipinski definition) is 4. The number of ether oxygens (including phenoxy) is 2. The van der Waals surface area contributed by atoms with E-state index in [0.29, 0.717) is 18.7 Å². The van der Waals surface area contributed by atoms with Crippen LogP contribution >= 0.6 is 0 Å². The quantitative estimate of drug-likeness (QED) is 0.701. The van der Waals surface area contributed by atoms with E-state index >= 15 is 0 Å². The number of aliphatic hydroxyl groups excluding tert-OH is 1. The number of benzene rings is 3. The third kappa shape index (κ3) is 3.95. The molecule has 0 aromatic heterocycles. The summed E-state index contributed by atoms with van der Waals surface area (Å²) in [7, 11) is 1.65. The number of para-hydroxylation sites is 1. The molecule has 5 heteroatoms. The van der Waals surface area contributed by atoms with Crippen LogP contribution in [0.2, 0.25) is 0 Å². The number of carbonyl (C=O) groups is 1. The maximum atomic E-state index is 13.4. The zero-order chi connectivity index (χ0) is 20.9. The minimum atomic E-state index is -0.446. The monoisotopic (exact) mass is 403 g/mol. The molecular weight excluding hydrogens is 378 g/mol. The molecule has 1 N–H and O–H groups in total. The van der Waals surface area contributed by atoms with E-state index in [0.717, 1.165) is 22.4 Å². The molecule has 0 spiro atoms. The van der Waals surface area contributed by atoms with Crippen LogP contribution in [0.5, 0.6) is 5.75 Å². The zero-order valence-electron chi connectivity index (χ0n) is 16.9. The van der Waals surface area contributed by atoms with E-state index in [1.807, 2.05) is 78.9 Å². The van der Waals surface area contributed by atoms with Gasteiger partial charge >= 0.3 is 0 Å². The Balaban J connectivity index is 1.62. The van der Waals surface area contributed by atoms with Crippen LogP contribution in [0, 0.1) is 0 Å². The summed E-state index contributed by atoms with van der Waals surface area (Å²) in [6.07, 6.45) is -0.446. The Hall–Kier alpha value is -3.15. The largest absolute Gasteiger partial charge is 0.496 e. The van der Waals surface area contributed by atoms with Gasteiger partial charge in [0.25, 0.3) is 5.91 Å². The highest BCUT2D eigenvalue weighted by atomic mass is 16.5. The molecule has 0 unspecified atom stereocenters. The summed E-state index contributed by atoms with van der Waals surface area (Å²) < 4.78 is 11.2. The van der Waals surface area contributed by atoms with Gasteiger partial charge in [0.15, 0.2) is 0 Å². The van der Waals surface area contributed by atoms with Crippen molar-refractivity contribution in [3.8, 4) is 16.9 Å². The highest BCUT2D eigenvalue weighted by Crippen LogP contribution is 2.32. The lowest BCUT2D eigenvalue weighted by atomic mass is 9.97. The fraction of sp³-hybridized carbons (Fsp3) is 0.240. The van der Waals surface area contributed by atoms with Gasteiger partial charge in [-0.25, -0.2) is 0 Å². The van der Waals surface area contributed by atoms with E-state index in [2.05, 4.69) is 0 Å². The number of nitrogens with zero attached hydrogens (tertiary/aromatic N) is 1. The summed E-state index contributed by atoms with van der Waals surface area (Å²) in [6, 6.07) is 24.8. The number of amides is 1. The molecule has 4 rings (SSSR count). The number of hydrogen-bond donors (Lipinski definition) is 1. The Morgan fingerprint density at radius 2 is 1.73 bits per heavy atom. The van der Waals surface area contributed by atoms with E-state index < -0.39 is 6.10 Å². The lowest BCUT2D eigenvalue weighted by Crippen LogP contribution is -2.49. The molecule has 3 aromatic rings. The van der Waals surface area contributed by atoms with Crippen molar-refractivity contribution in [2.24, 2.45) is 0 Å². The second kappa shape index (κ2) is 9.11. The summed E-state index contributed by atoms with van der Waals surface area (Å²) in [4.78, 5) is 15.2. The Morgan fingerprint density at radius 1 is 1.03 bits per heavy atom. The van der Waals surface area contributed by atoms with Crippen molar-refractivity contribution < 1.29 is 19.4 Å². The molecule has 1 amide bonds. The molecule has 30 heavy (non-hydrogen) atoms. The van der Waals surface area contributed by atoms with Crippen LogP contribution in [0.4, 0.5) is 0 Å². The lowest BCUT2D eigenvalue weighted by molar-refractivity contribution is -0.0811. The molecule has 0 radical (unpaired) electrons. The summed E-state index contributed by atoms with van der Waals surface area (Å²) in [5.74, 6) is 0.719. The van der Waals surface area contributed by atoms with Gasteiger partial charge in [0, 0.05) is 17.7 Å². The van der Waals surface area contributed by atoms with E-state index in [4.69, 9.17) is 9.47 Å². The average Bonchev–Trinajstić information content (AvgIpc) is 2.83. The molecule has 0 saturated carbocycles. The maximum Gasteiger partial charge on any atom is 0.254 e. The van der Waals surface area contributed by atoms with Gasteiger partial charge in [-0.3, -0.25) is 4.79 Å². The molecular formula is C25H25NO4. The van der Waals surface area contributed by atoms with Gasteiger partial charge in [0.2, 0.25) is 0 Å². The Bertz CT molecular complexity index is 988. The lowest BCUT2D eigenvalue weighted by Gasteiger charge is -2.41. The molecule has 0 aliphatic carbocycles. The van der Waals surface area contributed by atoms with Gasteiger partial charge in [-0.1, -0.05) is 60.7 Å². The molecule has 1 fully saturated rings. The van der Waals surface area contributed by atoms with Gasteiger partial charge in [-0.05, 0) is 29.3 Å². The summed E-state index contributed by atoms with van der Waals surface area (Å²) in [5.41, 5.74) is 3.52. The fourth-order valence-corrected chi connectivity index (χ4v) is 4.00. The van der Waals surface area contributed by atoms with Gasteiger partial charge in [-0.15, -0.1) is 0 Å². The van der Waals surface area contributed by atoms with Crippen molar-refractivity contribution >= 4 is 5.91 Å². The van der Waals surface area contributed by atoms with Crippen molar-refractivity contribution in [1.82, 2.24) is 4.90 Å². The summed E-state index contributed by atoms with van der Waals surface area (Å²) in [5, 5.41) is 9.83. The number of carbonyl (C=O) groups excluding carboxylic acids is 1. The van der Waals surface area contributed by atoms with Gasteiger partial charge in [0.05, 0.1) is 26.4 Å². The minimum Gasteiger partial charge on any atom is -0.496 e. The fourth-order valence-electron chi connectivity index (χ4n) is 4.00. The van der Waals surface area contributed by atoms with Crippen molar-refractivity contribution in [1.29, 1.82) is 0 Å². The Labute approximate surface area is 176 Å². The third-order valence-electron chi connectivity index (χ3n) is 5.48. The molecule has 5 nitrogen and oxygen atoms in total. The molecule has 2 atom stereocenters. The van der Waals surface area contributed by atoms with Crippen LogP contribution in [0.1, 0.15) is 22.0 Å². The van der Waals surface area contributed by atoms with Crippen molar-refractivity contribution in [2.75, 3.05) is 26.9 Å². The van der Waals surface area contributed by atoms with Crippen LogP contribution in [0.25, 0.3) is 11.1 Å². The van der Waals surface area contributed by atoms with Crippen molar-refractivity contribution in [3.63, 3.8) is 0 Å². The standard InChI is InChI=1S/C25H25NO4/c1-29-22-10-6-5-9-21(22)18-11-13-20(14-12-18)25(28)26-15-16-30-23(17-27)24(26)19-7-3-2-4-8-19/h2-14,23-24,27H,15-17H2,1H3/t23-,24-/m1/s1. The molecule has 1 aliphatic rings. The average molecular weight is 403 g/mol. The Kier molecular flexibility index (Phi) is 6.12. The second-order valence-electron chi connectivity index (χ2n) is 7.22. The number of morpholine rings is 1. The van der Waals surface area contributed by atoms with Crippen LogP contribution < -0.4 is 4.74 Å². The smallest absolute Gasteiger partial charge is 0.254 e. The number of aliphatic hydroxyl groups is 1. The van der Waals surface area contributed by atoms with Crippen molar-refractivity contribution in [2.45, 2.75) is 12.1 Å². The van der Waals surface area contributed by atoms with Gasteiger partial charge in [-0.2, -0.15) is 0 Å². The Morgan fingerprint density at radius 3 is 2.43 bits per heavy atom. The van der Waals surface area contributed by atoms with Crippen LogP contribution in [0.15, 0.2) is 78.9 Å². The predicted molar refractivity (Wildman–Crippen MR) is 115 cm³/mol. The predicted octanol–water partition coefficient (Wildman–Crippen LogP) is 3.94. The highest BCUT2D eigenvalue weighted by Gasteiger charge is 2.36. The summed E-state index contributed by atoms with van der Waals surface area (Å²) >= 11 is 0. The second-order valence-corrected chi connectivity index (χ2v) is 7.22. The first-order valence-electron chi connectivity index (χ1n) is 10.0. The third-order valence-corrected chi connectivity index (χ3v) is 5.48.